The topological polar surface area (TPSA) is 49.4 Å². The molecule has 0 aliphatic heterocycles. The normalized spacial score (nSPS) is 15.9. The molecule has 0 heterocycles. The highest BCUT2D eigenvalue weighted by atomic mass is 32.2. The first kappa shape index (κ1) is 14.5. The molecule has 0 spiro atoms. The summed E-state index contributed by atoms with van der Waals surface area (Å²) in [5, 5.41) is 3.23. The molecule has 1 fully saturated rings. The number of nitrogens with zero attached hydrogens (tertiary/aromatic N) is 1. The Kier molecular flexibility index (Phi) is 4.60. The maximum atomic E-state index is 12.1. The first-order valence-electron chi connectivity index (χ1n) is 6.70. The Morgan fingerprint density at radius 1 is 1.26 bits per heavy atom. The lowest BCUT2D eigenvalue weighted by Gasteiger charge is -2.17. The van der Waals surface area contributed by atoms with Gasteiger partial charge in [-0.05, 0) is 25.3 Å². The molecule has 0 atom stereocenters. The zero-order valence-corrected chi connectivity index (χ0v) is 12.4. The van der Waals surface area contributed by atoms with Gasteiger partial charge in [-0.2, -0.15) is 0 Å². The van der Waals surface area contributed by atoms with Gasteiger partial charge in [0.05, 0.1) is 5.75 Å². The maximum absolute atomic E-state index is 12.1. The van der Waals surface area contributed by atoms with Gasteiger partial charge in [0.1, 0.15) is 0 Å². The Labute approximate surface area is 115 Å². The third kappa shape index (κ3) is 4.60. The summed E-state index contributed by atoms with van der Waals surface area (Å²) < 4.78 is 25.6. The van der Waals surface area contributed by atoms with Crippen LogP contribution in [-0.2, 0) is 16.6 Å². The molecule has 2 rings (SSSR count). The molecule has 0 amide bonds. The minimum atomic E-state index is -3.17. The van der Waals surface area contributed by atoms with Crippen molar-refractivity contribution in [1.82, 2.24) is 9.62 Å². The van der Waals surface area contributed by atoms with Crippen LogP contribution in [0.5, 0.6) is 0 Å². The van der Waals surface area contributed by atoms with E-state index in [0.29, 0.717) is 19.1 Å². The fourth-order valence-corrected chi connectivity index (χ4v) is 2.92. The van der Waals surface area contributed by atoms with Gasteiger partial charge in [-0.3, -0.25) is 0 Å². The van der Waals surface area contributed by atoms with Crippen LogP contribution < -0.4 is 5.32 Å². The highest BCUT2D eigenvalue weighted by Gasteiger charge is 2.22. The fourth-order valence-electron chi connectivity index (χ4n) is 1.88. The van der Waals surface area contributed by atoms with Crippen molar-refractivity contribution in [2.45, 2.75) is 32.4 Å². The Bertz CT molecular complexity index is 507. The quantitative estimate of drug-likeness (QED) is 0.824. The van der Waals surface area contributed by atoms with Crippen LogP contribution in [0.25, 0.3) is 0 Å². The smallest absolute Gasteiger partial charge is 0.215 e. The SMILES string of the molecule is Cc1ccc(CN(C)S(=O)(=O)CCNC2CC2)cc1. The largest absolute Gasteiger partial charge is 0.313 e. The molecular formula is C14H22N2O2S. The van der Waals surface area contributed by atoms with Crippen LogP contribution >= 0.6 is 0 Å². The summed E-state index contributed by atoms with van der Waals surface area (Å²) in [5.41, 5.74) is 2.20. The van der Waals surface area contributed by atoms with Crippen LogP contribution in [0.15, 0.2) is 24.3 Å². The second-order valence-corrected chi connectivity index (χ2v) is 7.48. The van der Waals surface area contributed by atoms with Crippen molar-refractivity contribution in [1.29, 1.82) is 0 Å². The summed E-state index contributed by atoms with van der Waals surface area (Å²) in [6, 6.07) is 8.51. The number of nitrogens with one attached hydrogen (secondary N) is 1. The van der Waals surface area contributed by atoms with E-state index in [2.05, 4.69) is 5.32 Å². The molecule has 106 valence electrons. The van der Waals surface area contributed by atoms with E-state index in [0.717, 1.165) is 5.56 Å². The highest BCUT2D eigenvalue weighted by Crippen LogP contribution is 2.18. The van der Waals surface area contributed by atoms with E-state index in [9.17, 15) is 8.42 Å². The van der Waals surface area contributed by atoms with Crippen molar-refractivity contribution in [2.24, 2.45) is 0 Å². The predicted octanol–water partition coefficient (Wildman–Crippen LogP) is 1.51. The lowest BCUT2D eigenvalue weighted by molar-refractivity contribution is 0.465. The van der Waals surface area contributed by atoms with Crippen LogP contribution in [-0.4, -0.2) is 38.1 Å². The minimum Gasteiger partial charge on any atom is -0.313 e. The zero-order chi connectivity index (χ0) is 13.9. The number of benzene rings is 1. The van der Waals surface area contributed by atoms with E-state index in [1.165, 1.54) is 22.7 Å². The molecule has 4 nitrogen and oxygen atoms in total. The van der Waals surface area contributed by atoms with Crippen molar-refractivity contribution in [3.05, 3.63) is 35.4 Å². The molecule has 19 heavy (non-hydrogen) atoms. The monoisotopic (exact) mass is 282 g/mol. The van der Waals surface area contributed by atoms with Gasteiger partial charge in [0, 0.05) is 26.2 Å². The van der Waals surface area contributed by atoms with Crippen molar-refractivity contribution < 1.29 is 8.42 Å². The van der Waals surface area contributed by atoms with Gasteiger partial charge < -0.3 is 5.32 Å². The summed E-state index contributed by atoms with van der Waals surface area (Å²) in [6.07, 6.45) is 2.36. The van der Waals surface area contributed by atoms with Gasteiger partial charge in [0.2, 0.25) is 10.0 Å². The van der Waals surface area contributed by atoms with Gasteiger partial charge in [0.15, 0.2) is 0 Å². The summed E-state index contributed by atoms with van der Waals surface area (Å²) in [7, 11) is -1.52. The van der Waals surface area contributed by atoms with Crippen LogP contribution in [0.3, 0.4) is 0 Å². The van der Waals surface area contributed by atoms with Crippen molar-refractivity contribution in [2.75, 3.05) is 19.3 Å². The van der Waals surface area contributed by atoms with Crippen molar-refractivity contribution >= 4 is 10.0 Å². The summed E-state index contributed by atoms with van der Waals surface area (Å²) in [5.74, 6) is 0.172. The van der Waals surface area contributed by atoms with Crippen LogP contribution in [0.2, 0.25) is 0 Å². The van der Waals surface area contributed by atoms with Crippen molar-refractivity contribution in [3.8, 4) is 0 Å². The van der Waals surface area contributed by atoms with Crippen molar-refractivity contribution in [3.63, 3.8) is 0 Å². The summed E-state index contributed by atoms with van der Waals surface area (Å²) in [4.78, 5) is 0. The summed E-state index contributed by atoms with van der Waals surface area (Å²) >= 11 is 0. The highest BCUT2D eigenvalue weighted by molar-refractivity contribution is 7.89. The Morgan fingerprint density at radius 2 is 1.89 bits per heavy atom. The second kappa shape index (κ2) is 6.03. The Hall–Kier alpha value is -0.910. The molecule has 0 radical (unpaired) electrons. The molecule has 5 heteroatoms. The van der Waals surface area contributed by atoms with Crippen LogP contribution in [0.1, 0.15) is 24.0 Å². The number of sulfonamides is 1. The minimum absolute atomic E-state index is 0.172. The second-order valence-electron chi connectivity index (χ2n) is 5.29. The maximum Gasteiger partial charge on any atom is 0.215 e. The Balaban J connectivity index is 1.85. The molecule has 1 aromatic carbocycles. The first-order chi connectivity index (χ1) is 8.97. The predicted molar refractivity (Wildman–Crippen MR) is 77.5 cm³/mol. The lowest BCUT2D eigenvalue weighted by atomic mass is 10.1. The van der Waals surface area contributed by atoms with Gasteiger partial charge in [0.25, 0.3) is 0 Å². The van der Waals surface area contributed by atoms with E-state index in [1.54, 1.807) is 7.05 Å². The molecule has 1 aliphatic rings. The zero-order valence-electron chi connectivity index (χ0n) is 11.6. The third-order valence-corrected chi connectivity index (χ3v) is 5.17. The number of hydrogen-bond acceptors (Lipinski definition) is 3. The van der Waals surface area contributed by atoms with E-state index >= 15 is 0 Å². The average molecular weight is 282 g/mol. The first-order valence-corrected chi connectivity index (χ1v) is 8.31. The standard InChI is InChI=1S/C14H22N2O2S/c1-12-3-5-13(6-4-12)11-16(2)19(17,18)10-9-15-14-7-8-14/h3-6,14-15H,7-11H2,1-2H3. The molecule has 0 unspecified atom stereocenters. The van der Waals surface area contributed by atoms with Gasteiger partial charge in [-0.15, -0.1) is 0 Å². The van der Waals surface area contributed by atoms with E-state index in [1.807, 2.05) is 31.2 Å². The van der Waals surface area contributed by atoms with E-state index in [4.69, 9.17) is 0 Å². The third-order valence-electron chi connectivity index (χ3n) is 3.37. The molecule has 1 N–H and O–H groups in total. The fraction of sp³-hybridized carbons (Fsp3) is 0.571. The molecule has 1 saturated carbocycles. The van der Waals surface area contributed by atoms with Crippen LogP contribution in [0, 0.1) is 6.92 Å². The molecular weight excluding hydrogens is 260 g/mol. The molecule has 0 saturated heterocycles. The van der Waals surface area contributed by atoms with Gasteiger partial charge in [-0.25, -0.2) is 12.7 Å². The number of rotatable bonds is 7. The molecule has 1 aromatic rings. The number of hydrogen-bond donors (Lipinski definition) is 1. The average Bonchev–Trinajstić information content (AvgIpc) is 3.16. The number of aryl methyl sites for hydroxylation is 1. The molecule has 0 aromatic heterocycles. The Morgan fingerprint density at radius 3 is 2.47 bits per heavy atom. The van der Waals surface area contributed by atoms with Gasteiger partial charge >= 0.3 is 0 Å². The molecule has 1 aliphatic carbocycles. The van der Waals surface area contributed by atoms with Crippen LogP contribution in [0.4, 0.5) is 0 Å². The van der Waals surface area contributed by atoms with E-state index < -0.39 is 10.0 Å². The molecule has 0 bridgehead atoms. The summed E-state index contributed by atoms with van der Waals surface area (Å²) in [6.45, 7) is 3.01. The van der Waals surface area contributed by atoms with Gasteiger partial charge in [-0.1, -0.05) is 29.8 Å². The lowest BCUT2D eigenvalue weighted by Crippen LogP contribution is -2.33. The van der Waals surface area contributed by atoms with E-state index in [-0.39, 0.29) is 5.75 Å².